The summed E-state index contributed by atoms with van der Waals surface area (Å²) < 4.78 is 0. The zero-order valence-corrected chi connectivity index (χ0v) is 10.4. The summed E-state index contributed by atoms with van der Waals surface area (Å²) in [5, 5.41) is 12.4. The molecule has 4 nitrogen and oxygen atoms in total. The van der Waals surface area contributed by atoms with Crippen molar-refractivity contribution in [1.82, 2.24) is 10.2 Å². The summed E-state index contributed by atoms with van der Waals surface area (Å²) in [5.41, 5.74) is 0. The summed E-state index contributed by atoms with van der Waals surface area (Å²) in [4.78, 5) is 13.4. The van der Waals surface area contributed by atoms with Gasteiger partial charge in [-0.05, 0) is 45.8 Å². The minimum atomic E-state index is -0.668. The predicted octanol–water partition coefficient (Wildman–Crippen LogP) is 1.31. The molecule has 16 heavy (non-hydrogen) atoms. The number of aliphatic carboxylic acids is 1. The molecule has 1 aliphatic heterocycles. The number of hydrogen-bond acceptors (Lipinski definition) is 3. The third kappa shape index (κ3) is 3.46. The maximum atomic E-state index is 11.2. The minimum absolute atomic E-state index is 0.290. The van der Waals surface area contributed by atoms with E-state index in [1.54, 1.807) is 0 Å². The SMILES string of the molecule is CCC(C(=O)O)N1CCCCC1CCNC. The van der Waals surface area contributed by atoms with Crippen molar-refractivity contribution in [2.75, 3.05) is 20.1 Å². The number of carboxylic acids is 1. The molecule has 0 amide bonds. The third-order valence-electron chi connectivity index (χ3n) is 3.47. The van der Waals surface area contributed by atoms with Crippen molar-refractivity contribution < 1.29 is 9.90 Å². The molecule has 1 saturated heterocycles. The van der Waals surface area contributed by atoms with Gasteiger partial charge in [-0.3, -0.25) is 9.69 Å². The van der Waals surface area contributed by atoms with E-state index >= 15 is 0 Å². The van der Waals surface area contributed by atoms with Crippen LogP contribution < -0.4 is 5.32 Å². The fourth-order valence-corrected chi connectivity index (χ4v) is 2.61. The molecule has 1 rings (SSSR count). The van der Waals surface area contributed by atoms with E-state index in [9.17, 15) is 9.90 Å². The van der Waals surface area contributed by atoms with Gasteiger partial charge in [0, 0.05) is 6.04 Å². The molecule has 0 radical (unpaired) electrons. The summed E-state index contributed by atoms with van der Waals surface area (Å²) in [6, 6.07) is 0.157. The van der Waals surface area contributed by atoms with Gasteiger partial charge in [-0.1, -0.05) is 13.3 Å². The van der Waals surface area contributed by atoms with Crippen molar-refractivity contribution >= 4 is 5.97 Å². The Morgan fingerprint density at radius 2 is 2.31 bits per heavy atom. The van der Waals surface area contributed by atoms with Gasteiger partial charge in [-0.25, -0.2) is 0 Å². The largest absolute Gasteiger partial charge is 0.480 e. The van der Waals surface area contributed by atoms with Crippen LogP contribution >= 0.6 is 0 Å². The average molecular weight is 228 g/mol. The van der Waals surface area contributed by atoms with Gasteiger partial charge in [0.25, 0.3) is 0 Å². The minimum Gasteiger partial charge on any atom is -0.480 e. The van der Waals surface area contributed by atoms with Crippen LogP contribution in [0.25, 0.3) is 0 Å². The molecule has 2 atom stereocenters. The second kappa shape index (κ2) is 6.86. The van der Waals surface area contributed by atoms with E-state index in [4.69, 9.17) is 0 Å². The second-order valence-corrected chi connectivity index (χ2v) is 4.54. The Labute approximate surface area is 98.0 Å². The van der Waals surface area contributed by atoms with Crippen molar-refractivity contribution in [2.24, 2.45) is 0 Å². The molecule has 0 aliphatic carbocycles. The summed E-state index contributed by atoms with van der Waals surface area (Å²) in [7, 11) is 1.95. The highest BCUT2D eigenvalue weighted by Crippen LogP contribution is 2.23. The van der Waals surface area contributed by atoms with Gasteiger partial charge in [0.2, 0.25) is 0 Å². The predicted molar refractivity (Wildman–Crippen MR) is 64.6 cm³/mol. The first-order chi connectivity index (χ1) is 7.70. The van der Waals surface area contributed by atoms with Crippen LogP contribution in [0.15, 0.2) is 0 Å². The molecule has 4 heteroatoms. The number of nitrogens with zero attached hydrogens (tertiary/aromatic N) is 1. The van der Waals surface area contributed by atoms with Crippen LogP contribution in [0.1, 0.15) is 39.0 Å². The van der Waals surface area contributed by atoms with Crippen molar-refractivity contribution in [3.05, 3.63) is 0 Å². The maximum Gasteiger partial charge on any atom is 0.320 e. The molecular weight excluding hydrogens is 204 g/mol. The number of rotatable bonds is 6. The van der Waals surface area contributed by atoms with Crippen LogP contribution in [0.5, 0.6) is 0 Å². The van der Waals surface area contributed by atoms with Gasteiger partial charge in [0.05, 0.1) is 0 Å². The summed E-state index contributed by atoms with van der Waals surface area (Å²) in [6.07, 6.45) is 5.28. The highest BCUT2D eigenvalue weighted by atomic mass is 16.4. The van der Waals surface area contributed by atoms with E-state index in [1.165, 1.54) is 6.42 Å². The zero-order valence-electron chi connectivity index (χ0n) is 10.4. The Hall–Kier alpha value is -0.610. The second-order valence-electron chi connectivity index (χ2n) is 4.54. The Morgan fingerprint density at radius 3 is 2.88 bits per heavy atom. The molecule has 0 saturated carbocycles. The first kappa shape index (κ1) is 13.5. The topological polar surface area (TPSA) is 52.6 Å². The number of nitrogens with one attached hydrogen (secondary N) is 1. The zero-order chi connectivity index (χ0) is 12.0. The van der Waals surface area contributed by atoms with Crippen LogP contribution in [-0.4, -0.2) is 48.2 Å². The van der Waals surface area contributed by atoms with Gasteiger partial charge in [0.15, 0.2) is 0 Å². The van der Waals surface area contributed by atoms with Crippen molar-refractivity contribution in [3.63, 3.8) is 0 Å². The molecule has 0 bridgehead atoms. The van der Waals surface area contributed by atoms with Crippen LogP contribution in [0, 0.1) is 0 Å². The molecule has 0 aromatic rings. The van der Waals surface area contributed by atoms with Crippen molar-refractivity contribution in [1.29, 1.82) is 0 Å². The summed E-state index contributed by atoms with van der Waals surface area (Å²) >= 11 is 0. The van der Waals surface area contributed by atoms with Crippen molar-refractivity contribution in [2.45, 2.75) is 51.1 Å². The van der Waals surface area contributed by atoms with Crippen LogP contribution in [0.3, 0.4) is 0 Å². The highest BCUT2D eigenvalue weighted by Gasteiger charge is 2.31. The van der Waals surface area contributed by atoms with Gasteiger partial charge in [-0.15, -0.1) is 0 Å². The fraction of sp³-hybridized carbons (Fsp3) is 0.917. The van der Waals surface area contributed by atoms with Gasteiger partial charge >= 0.3 is 5.97 Å². The maximum absolute atomic E-state index is 11.2. The molecule has 0 aromatic carbocycles. The van der Waals surface area contributed by atoms with Gasteiger partial charge in [-0.2, -0.15) is 0 Å². The lowest BCUT2D eigenvalue weighted by molar-refractivity contribution is -0.145. The molecule has 0 aromatic heterocycles. The average Bonchev–Trinajstić information content (AvgIpc) is 2.28. The quantitative estimate of drug-likeness (QED) is 0.720. The Kier molecular flexibility index (Phi) is 5.77. The fourth-order valence-electron chi connectivity index (χ4n) is 2.61. The molecule has 1 fully saturated rings. The third-order valence-corrected chi connectivity index (χ3v) is 3.47. The Morgan fingerprint density at radius 1 is 1.56 bits per heavy atom. The number of hydrogen-bond donors (Lipinski definition) is 2. The lowest BCUT2D eigenvalue weighted by Gasteiger charge is -2.39. The molecule has 2 unspecified atom stereocenters. The molecule has 1 aliphatic rings. The highest BCUT2D eigenvalue weighted by molar-refractivity contribution is 5.73. The summed E-state index contributed by atoms with van der Waals surface area (Å²) in [5.74, 6) is -0.668. The number of carbonyl (C=O) groups is 1. The summed E-state index contributed by atoms with van der Waals surface area (Å²) in [6.45, 7) is 3.87. The Balaban J connectivity index is 2.60. The lowest BCUT2D eigenvalue weighted by atomic mass is 9.96. The van der Waals surface area contributed by atoms with Crippen LogP contribution in [0.2, 0.25) is 0 Å². The normalized spacial score (nSPS) is 24.2. The Bertz CT molecular complexity index is 221. The van der Waals surface area contributed by atoms with E-state index in [-0.39, 0.29) is 6.04 Å². The first-order valence-corrected chi connectivity index (χ1v) is 6.33. The van der Waals surface area contributed by atoms with E-state index in [1.807, 2.05) is 14.0 Å². The van der Waals surface area contributed by atoms with E-state index in [2.05, 4.69) is 10.2 Å². The molecular formula is C12H24N2O2. The van der Waals surface area contributed by atoms with E-state index < -0.39 is 5.97 Å². The monoisotopic (exact) mass is 228 g/mol. The standard InChI is InChI=1S/C12H24N2O2/c1-3-11(12(15)16)14-9-5-4-6-10(14)7-8-13-2/h10-11,13H,3-9H2,1-2H3,(H,15,16). The lowest BCUT2D eigenvalue weighted by Crippen LogP contribution is -2.50. The van der Waals surface area contributed by atoms with Gasteiger partial charge < -0.3 is 10.4 Å². The molecule has 94 valence electrons. The first-order valence-electron chi connectivity index (χ1n) is 6.33. The number of carboxylic acid groups (broad SMARTS) is 1. The molecule has 1 heterocycles. The van der Waals surface area contributed by atoms with Crippen LogP contribution in [-0.2, 0) is 4.79 Å². The van der Waals surface area contributed by atoms with Crippen molar-refractivity contribution in [3.8, 4) is 0 Å². The molecule has 2 N–H and O–H groups in total. The van der Waals surface area contributed by atoms with Crippen LogP contribution in [0.4, 0.5) is 0 Å². The number of likely N-dealkylation sites (tertiary alicyclic amines) is 1. The number of piperidine rings is 1. The van der Waals surface area contributed by atoms with Gasteiger partial charge in [0.1, 0.15) is 6.04 Å². The smallest absolute Gasteiger partial charge is 0.320 e. The van der Waals surface area contributed by atoms with E-state index in [0.29, 0.717) is 12.5 Å². The molecule has 0 spiro atoms. The van der Waals surface area contributed by atoms with E-state index in [0.717, 1.165) is 32.4 Å².